The summed E-state index contributed by atoms with van der Waals surface area (Å²) < 4.78 is 18.4. The first-order chi connectivity index (χ1) is 12.7. The van der Waals surface area contributed by atoms with E-state index in [1.165, 1.54) is 5.39 Å². The third-order valence-electron chi connectivity index (χ3n) is 4.38. The van der Waals surface area contributed by atoms with Crippen LogP contribution < -0.4 is 14.2 Å². The van der Waals surface area contributed by atoms with E-state index in [1.807, 2.05) is 35.2 Å². The predicted molar refractivity (Wildman–Crippen MR) is 101 cm³/mol. The van der Waals surface area contributed by atoms with Crippen LogP contribution in [-0.4, -0.2) is 35.9 Å². The van der Waals surface area contributed by atoms with Gasteiger partial charge in [-0.3, -0.25) is 4.57 Å². The number of hydrogen-bond donors (Lipinski definition) is 1. The van der Waals surface area contributed by atoms with Gasteiger partial charge in [0.05, 0.1) is 21.3 Å². The van der Waals surface area contributed by atoms with Crippen molar-refractivity contribution < 1.29 is 14.2 Å². The van der Waals surface area contributed by atoms with E-state index < -0.39 is 0 Å². The van der Waals surface area contributed by atoms with Gasteiger partial charge in [-0.05, 0) is 35.7 Å². The first kappa shape index (κ1) is 16.1. The summed E-state index contributed by atoms with van der Waals surface area (Å²) in [5.41, 5.74) is 2.96. The number of nitrogens with zero attached hydrogens (tertiary/aromatic N) is 2. The van der Waals surface area contributed by atoms with Crippen LogP contribution in [0, 0.1) is 0 Å². The zero-order valence-electron chi connectivity index (χ0n) is 14.8. The summed E-state index contributed by atoms with van der Waals surface area (Å²) in [6, 6.07) is 12.1. The maximum absolute atomic E-state index is 5.46. The molecule has 0 bridgehead atoms. The third kappa shape index (κ3) is 2.56. The van der Waals surface area contributed by atoms with E-state index in [1.54, 1.807) is 27.5 Å². The lowest BCUT2D eigenvalue weighted by Crippen LogP contribution is -1.99. The molecule has 0 aliphatic carbocycles. The third-order valence-corrected chi connectivity index (χ3v) is 4.38. The van der Waals surface area contributed by atoms with Crippen LogP contribution in [0.4, 0.5) is 0 Å². The minimum absolute atomic E-state index is 0.560. The standard InChI is InChI=1S/C20H19N3O3/c1-24-17-10-14(11-18(25-2)19(17)26-3)20-22-8-9-23(20)15-5-4-13-6-7-21-16(13)12-15/h4-12,21H,1-3H3. The van der Waals surface area contributed by atoms with Crippen molar-refractivity contribution in [2.24, 2.45) is 0 Å². The molecule has 0 aliphatic heterocycles. The lowest BCUT2D eigenvalue weighted by atomic mass is 10.1. The second-order valence-electron chi connectivity index (χ2n) is 5.78. The van der Waals surface area contributed by atoms with Crippen molar-refractivity contribution in [1.82, 2.24) is 14.5 Å². The normalized spacial score (nSPS) is 10.9. The highest BCUT2D eigenvalue weighted by Gasteiger charge is 2.17. The molecule has 0 unspecified atom stereocenters. The highest BCUT2D eigenvalue weighted by molar-refractivity contribution is 5.81. The first-order valence-electron chi connectivity index (χ1n) is 8.16. The summed E-state index contributed by atoms with van der Waals surface area (Å²) in [6.45, 7) is 0. The van der Waals surface area contributed by atoms with Crippen molar-refractivity contribution in [2.75, 3.05) is 21.3 Å². The van der Waals surface area contributed by atoms with Gasteiger partial charge in [-0.25, -0.2) is 4.98 Å². The molecule has 2 aromatic carbocycles. The summed E-state index contributed by atoms with van der Waals surface area (Å²) in [5.74, 6) is 2.53. The Morgan fingerprint density at radius 1 is 0.923 bits per heavy atom. The zero-order chi connectivity index (χ0) is 18.1. The molecule has 132 valence electrons. The van der Waals surface area contributed by atoms with E-state index in [0.29, 0.717) is 17.2 Å². The van der Waals surface area contributed by atoms with Crippen molar-refractivity contribution >= 4 is 10.9 Å². The monoisotopic (exact) mass is 349 g/mol. The maximum Gasteiger partial charge on any atom is 0.203 e. The second kappa shape index (κ2) is 6.48. The Labute approximate surface area is 151 Å². The smallest absolute Gasteiger partial charge is 0.203 e. The first-order valence-corrected chi connectivity index (χ1v) is 8.16. The molecule has 0 saturated carbocycles. The van der Waals surface area contributed by atoms with E-state index >= 15 is 0 Å². The molecule has 0 atom stereocenters. The Bertz CT molecular complexity index is 1040. The molecular formula is C20H19N3O3. The molecule has 2 aromatic heterocycles. The summed E-state index contributed by atoms with van der Waals surface area (Å²) >= 11 is 0. The molecule has 0 aliphatic rings. The Morgan fingerprint density at radius 2 is 1.69 bits per heavy atom. The van der Waals surface area contributed by atoms with Gasteiger partial charge in [-0.15, -0.1) is 0 Å². The van der Waals surface area contributed by atoms with Crippen LogP contribution >= 0.6 is 0 Å². The number of benzene rings is 2. The SMILES string of the molecule is COc1cc(-c2nccn2-c2ccc3cc[nH]c3c2)cc(OC)c1OC. The molecular weight excluding hydrogens is 330 g/mol. The topological polar surface area (TPSA) is 61.3 Å². The van der Waals surface area contributed by atoms with Gasteiger partial charge in [0.2, 0.25) is 5.75 Å². The van der Waals surface area contributed by atoms with Gasteiger partial charge in [-0.2, -0.15) is 0 Å². The lowest BCUT2D eigenvalue weighted by Gasteiger charge is -2.15. The molecule has 26 heavy (non-hydrogen) atoms. The summed E-state index contributed by atoms with van der Waals surface area (Å²) in [6.07, 6.45) is 5.64. The van der Waals surface area contributed by atoms with Gasteiger partial charge in [0.25, 0.3) is 0 Å². The van der Waals surface area contributed by atoms with E-state index in [2.05, 4.69) is 28.2 Å². The van der Waals surface area contributed by atoms with Gasteiger partial charge < -0.3 is 19.2 Å². The minimum atomic E-state index is 0.560. The van der Waals surface area contributed by atoms with Crippen molar-refractivity contribution in [3.8, 4) is 34.3 Å². The number of fused-ring (bicyclic) bond motifs is 1. The average Bonchev–Trinajstić information content (AvgIpc) is 3.35. The van der Waals surface area contributed by atoms with Gasteiger partial charge in [-0.1, -0.05) is 6.07 Å². The maximum atomic E-state index is 5.46. The zero-order valence-corrected chi connectivity index (χ0v) is 14.8. The predicted octanol–water partition coefficient (Wildman–Crippen LogP) is 4.05. The molecule has 0 saturated heterocycles. The fraction of sp³-hybridized carbons (Fsp3) is 0.150. The van der Waals surface area contributed by atoms with Crippen LogP contribution in [0.5, 0.6) is 17.2 Å². The molecule has 4 aromatic rings. The molecule has 0 amide bonds. The number of aromatic amines is 1. The summed E-state index contributed by atoms with van der Waals surface area (Å²) in [4.78, 5) is 7.78. The molecule has 6 nitrogen and oxygen atoms in total. The van der Waals surface area contributed by atoms with Gasteiger partial charge in [0, 0.05) is 35.4 Å². The second-order valence-corrected chi connectivity index (χ2v) is 5.78. The van der Waals surface area contributed by atoms with E-state index in [-0.39, 0.29) is 0 Å². The van der Waals surface area contributed by atoms with E-state index in [0.717, 1.165) is 22.6 Å². The summed E-state index contributed by atoms with van der Waals surface area (Å²) in [7, 11) is 4.80. The van der Waals surface area contributed by atoms with Crippen LogP contribution in [0.1, 0.15) is 0 Å². The number of ether oxygens (including phenoxy) is 3. The quantitative estimate of drug-likeness (QED) is 0.590. The van der Waals surface area contributed by atoms with E-state index in [9.17, 15) is 0 Å². The number of imidazole rings is 1. The van der Waals surface area contributed by atoms with E-state index in [4.69, 9.17) is 14.2 Å². The number of nitrogens with one attached hydrogen (secondary N) is 1. The highest BCUT2D eigenvalue weighted by Crippen LogP contribution is 2.41. The number of H-pyrrole nitrogens is 1. The molecule has 1 N–H and O–H groups in total. The largest absolute Gasteiger partial charge is 0.493 e. The van der Waals surface area contributed by atoms with Gasteiger partial charge in [0.1, 0.15) is 5.82 Å². The van der Waals surface area contributed by atoms with Crippen molar-refractivity contribution in [3.05, 3.63) is 55.0 Å². The van der Waals surface area contributed by atoms with Gasteiger partial charge >= 0.3 is 0 Å². The molecule has 6 heteroatoms. The average molecular weight is 349 g/mol. The lowest BCUT2D eigenvalue weighted by molar-refractivity contribution is 0.324. The number of rotatable bonds is 5. The van der Waals surface area contributed by atoms with Crippen LogP contribution in [-0.2, 0) is 0 Å². The number of hydrogen-bond acceptors (Lipinski definition) is 4. The number of aromatic nitrogens is 3. The molecule has 2 heterocycles. The highest BCUT2D eigenvalue weighted by atomic mass is 16.5. The minimum Gasteiger partial charge on any atom is -0.493 e. The van der Waals surface area contributed by atoms with Crippen molar-refractivity contribution in [1.29, 1.82) is 0 Å². The molecule has 0 fully saturated rings. The van der Waals surface area contributed by atoms with Gasteiger partial charge in [0.15, 0.2) is 11.5 Å². The van der Waals surface area contributed by atoms with Crippen molar-refractivity contribution in [3.63, 3.8) is 0 Å². The molecule has 0 spiro atoms. The fourth-order valence-corrected chi connectivity index (χ4v) is 3.12. The Hall–Kier alpha value is -3.41. The molecule has 4 rings (SSSR count). The van der Waals surface area contributed by atoms with Crippen LogP contribution in [0.3, 0.4) is 0 Å². The molecule has 0 radical (unpaired) electrons. The Morgan fingerprint density at radius 3 is 2.38 bits per heavy atom. The number of methoxy groups -OCH3 is 3. The Balaban J connectivity index is 1.86. The summed E-state index contributed by atoms with van der Waals surface area (Å²) in [5, 5.41) is 1.17. The van der Waals surface area contributed by atoms with Crippen molar-refractivity contribution in [2.45, 2.75) is 0 Å². The Kier molecular flexibility index (Phi) is 4.01. The van der Waals surface area contributed by atoms with Crippen LogP contribution in [0.15, 0.2) is 55.0 Å². The van der Waals surface area contributed by atoms with Crippen LogP contribution in [0.25, 0.3) is 28.0 Å². The fourth-order valence-electron chi connectivity index (χ4n) is 3.12. The van der Waals surface area contributed by atoms with Crippen LogP contribution in [0.2, 0.25) is 0 Å².